The third-order valence-electron chi connectivity index (χ3n) is 6.52. The number of anilines is 3. The predicted octanol–water partition coefficient (Wildman–Crippen LogP) is 5.24. The molecular weight excluding hydrogens is 576 g/mol. The van der Waals surface area contributed by atoms with Crippen LogP contribution in [-0.4, -0.2) is 50.7 Å². The standard InChI is InChI=1S/C30H22N12O3/c1-17-7-13-21(14-8-17)34-28-35-29(37-30(45)36-28)42-25(32)24(23(40-42)18-9-11-19(12-10-18)27(43)44)38-39-26-20(15-31)16-33-41(26)22-5-3-2-4-6-22/h2-14,16H,32H2,1H3,(H,43,44)(H2,34,35,36,37,45). The van der Waals surface area contributed by atoms with Gasteiger partial charge in [-0.3, -0.25) is 0 Å². The van der Waals surface area contributed by atoms with Gasteiger partial charge in [-0.15, -0.1) is 10.2 Å². The van der Waals surface area contributed by atoms with Gasteiger partial charge in [0.1, 0.15) is 17.3 Å². The summed E-state index contributed by atoms with van der Waals surface area (Å²) in [6.07, 6.45) is 1.37. The lowest BCUT2D eigenvalue weighted by molar-refractivity contribution is 0.0697. The van der Waals surface area contributed by atoms with Crippen LogP contribution in [-0.2, 0) is 0 Å². The topological polar surface area (TPSA) is 218 Å². The van der Waals surface area contributed by atoms with E-state index in [1.807, 2.05) is 49.4 Å². The summed E-state index contributed by atoms with van der Waals surface area (Å²) in [7, 11) is 0. The Balaban J connectivity index is 1.47. The molecule has 0 aliphatic rings. The van der Waals surface area contributed by atoms with E-state index in [0.717, 1.165) is 10.2 Å². The lowest BCUT2D eigenvalue weighted by Gasteiger charge is -2.07. The van der Waals surface area contributed by atoms with Gasteiger partial charge >= 0.3 is 12.0 Å². The first-order chi connectivity index (χ1) is 21.8. The van der Waals surface area contributed by atoms with Gasteiger partial charge in [0, 0.05) is 11.3 Å². The normalized spacial score (nSPS) is 11.0. The van der Waals surface area contributed by atoms with E-state index in [4.69, 9.17) is 5.73 Å². The van der Waals surface area contributed by atoms with E-state index in [1.54, 1.807) is 24.3 Å². The Morgan fingerprint density at radius 1 is 0.956 bits per heavy atom. The van der Waals surface area contributed by atoms with E-state index >= 15 is 0 Å². The molecule has 15 nitrogen and oxygen atoms in total. The van der Waals surface area contributed by atoms with Crippen LogP contribution < -0.4 is 11.1 Å². The molecule has 0 aliphatic heterocycles. The van der Waals surface area contributed by atoms with Crippen molar-refractivity contribution >= 4 is 34.9 Å². The third kappa shape index (κ3) is 5.74. The van der Waals surface area contributed by atoms with Crippen LogP contribution in [0.3, 0.4) is 0 Å². The molecule has 0 saturated heterocycles. The maximum atomic E-state index is 11.5. The average Bonchev–Trinajstić information content (AvgIpc) is 3.61. The Morgan fingerprint density at radius 3 is 2.38 bits per heavy atom. The number of nitriles is 1. The van der Waals surface area contributed by atoms with Crippen molar-refractivity contribution in [1.82, 2.24) is 34.5 Å². The molecule has 6 rings (SSSR count). The van der Waals surface area contributed by atoms with Crippen LogP contribution in [0.4, 0.5) is 29.0 Å². The van der Waals surface area contributed by atoms with Crippen molar-refractivity contribution < 1.29 is 15.0 Å². The molecule has 0 amide bonds. The predicted molar refractivity (Wildman–Crippen MR) is 162 cm³/mol. The fraction of sp³-hybridized carbons (Fsp3) is 0.0333. The zero-order chi connectivity index (χ0) is 31.5. The number of benzene rings is 3. The van der Waals surface area contributed by atoms with Crippen molar-refractivity contribution in [3.8, 4) is 35.0 Å². The molecule has 15 heteroatoms. The van der Waals surface area contributed by atoms with Crippen LogP contribution in [0.25, 0.3) is 22.9 Å². The highest BCUT2D eigenvalue weighted by Gasteiger charge is 2.22. The molecule has 0 saturated carbocycles. The average molecular weight is 599 g/mol. The second kappa shape index (κ2) is 11.7. The van der Waals surface area contributed by atoms with Gasteiger partial charge < -0.3 is 21.3 Å². The van der Waals surface area contributed by atoms with Crippen molar-refractivity contribution in [2.24, 2.45) is 10.2 Å². The SMILES string of the molecule is Cc1ccc(Nc2nc(O)nc(-n3nc(-c4ccc(C(=O)O)cc4)c(N=Nc4c(C#N)cnn4-c4ccccc4)c3N)n2)cc1. The number of nitrogen functional groups attached to an aromatic ring is 1. The Kier molecular flexibility index (Phi) is 7.35. The zero-order valence-corrected chi connectivity index (χ0v) is 23.4. The number of nitrogens with one attached hydrogen (secondary N) is 1. The second-order valence-electron chi connectivity index (χ2n) is 9.57. The molecule has 220 valence electrons. The maximum Gasteiger partial charge on any atom is 0.335 e. The number of nitrogens with two attached hydrogens (primary N) is 1. The number of nitrogens with zero attached hydrogens (tertiary/aromatic N) is 10. The molecular formula is C30H22N12O3. The van der Waals surface area contributed by atoms with Gasteiger partial charge in [-0.05, 0) is 43.3 Å². The first-order valence-corrected chi connectivity index (χ1v) is 13.3. The zero-order valence-electron chi connectivity index (χ0n) is 23.4. The molecule has 0 unspecified atom stereocenters. The van der Waals surface area contributed by atoms with Gasteiger partial charge in [0.05, 0.1) is 17.4 Å². The first-order valence-electron chi connectivity index (χ1n) is 13.3. The molecule has 0 atom stereocenters. The van der Waals surface area contributed by atoms with Crippen molar-refractivity contribution in [2.75, 3.05) is 11.1 Å². The van der Waals surface area contributed by atoms with Crippen LogP contribution in [0.2, 0.25) is 0 Å². The van der Waals surface area contributed by atoms with E-state index < -0.39 is 12.0 Å². The van der Waals surface area contributed by atoms with E-state index in [1.165, 1.54) is 23.0 Å². The summed E-state index contributed by atoms with van der Waals surface area (Å²) >= 11 is 0. The van der Waals surface area contributed by atoms with E-state index in [9.17, 15) is 20.3 Å². The van der Waals surface area contributed by atoms with E-state index in [2.05, 4.69) is 46.8 Å². The Labute approximate surface area is 254 Å². The summed E-state index contributed by atoms with van der Waals surface area (Å²) in [6, 6.07) is 23.9. The van der Waals surface area contributed by atoms with Gasteiger partial charge in [0.25, 0.3) is 5.95 Å². The van der Waals surface area contributed by atoms with Gasteiger partial charge in [-0.1, -0.05) is 48.0 Å². The Morgan fingerprint density at radius 2 is 1.69 bits per heavy atom. The summed E-state index contributed by atoms with van der Waals surface area (Å²) in [4.78, 5) is 23.8. The highest BCUT2D eigenvalue weighted by atomic mass is 16.4. The van der Waals surface area contributed by atoms with Gasteiger partial charge in [0.2, 0.25) is 5.95 Å². The number of aromatic carboxylic acids is 1. The van der Waals surface area contributed by atoms with Crippen LogP contribution in [0.1, 0.15) is 21.5 Å². The van der Waals surface area contributed by atoms with Crippen molar-refractivity contribution in [2.45, 2.75) is 6.92 Å². The minimum absolute atomic E-state index is 0.0252. The molecule has 6 aromatic rings. The second-order valence-corrected chi connectivity index (χ2v) is 9.57. The van der Waals surface area contributed by atoms with Gasteiger partial charge in [0.15, 0.2) is 17.3 Å². The van der Waals surface area contributed by atoms with Crippen molar-refractivity contribution in [3.63, 3.8) is 0 Å². The van der Waals surface area contributed by atoms with E-state index in [-0.39, 0.29) is 46.0 Å². The molecule has 0 bridgehead atoms. The molecule has 3 heterocycles. The number of azo groups is 1. The summed E-state index contributed by atoms with van der Waals surface area (Å²) in [6.45, 7) is 1.95. The number of hydrogen-bond acceptors (Lipinski definition) is 12. The third-order valence-corrected chi connectivity index (χ3v) is 6.52. The maximum absolute atomic E-state index is 11.5. The number of aromatic nitrogens is 7. The number of rotatable bonds is 8. The molecule has 5 N–H and O–H groups in total. The van der Waals surface area contributed by atoms with Crippen LogP contribution in [0, 0.1) is 18.3 Å². The molecule has 45 heavy (non-hydrogen) atoms. The monoisotopic (exact) mass is 598 g/mol. The smallest absolute Gasteiger partial charge is 0.335 e. The number of carbonyl (C=O) groups is 1. The molecule has 3 aromatic heterocycles. The minimum atomic E-state index is -1.10. The molecule has 0 radical (unpaired) electrons. The van der Waals surface area contributed by atoms with Crippen LogP contribution >= 0.6 is 0 Å². The molecule has 3 aromatic carbocycles. The summed E-state index contributed by atoms with van der Waals surface area (Å²) < 4.78 is 2.60. The highest BCUT2D eigenvalue weighted by molar-refractivity contribution is 5.89. The number of hydrogen-bond donors (Lipinski definition) is 4. The lowest BCUT2D eigenvalue weighted by Crippen LogP contribution is -2.09. The first kappa shape index (κ1) is 28.2. The Hall–Kier alpha value is -6.95. The highest BCUT2D eigenvalue weighted by Crippen LogP contribution is 2.38. The molecule has 0 fully saturated rings. The number of para-hydroxylation sites is 1. The van der Waals surface area contributed by atoms with E-state index in [0.29, 0.717) is 16.9 Å². The number of aryl methyl sites for hydroxylation is 1. The Bertz CT molecular complexity index is 2100. The lowest BCUT2D eigenvalue weighted by atomic mass is 10.1. The quantitative estimate of drug-likeness (QED) is 0.166. The molecule has 0 aliphatic carbocycles. The van der Waals surface area contributed by atoms with Crippen LogP contribution in [0.15, 0.2) is 95.3 Å². The van der Waals surface area contributed by atoms with Crippen molar-refractivity contribution in [1.29, 1.82) is 5.26 Å². The number of carboxylic acids is 1. The summed E-state index contributed by atoms with van der Waals surface area (Å²) in [5, 5.41) is 50.0. The number of aromatic hydroxyl groups is 1. The summed E-state index contributed by atoms with van der Waals surface area (Å²) in [5.74, 6) is -1.12. The van der Waals surface area contributed by atoms with Crippen LogP contribution in [0.5, 0.6) is 6.01 Å². The minimum Gasteiger partial charge on any atom is -0.479 e. The van der Waals surface area contributed by atoms with Crippen molar-refractivity contribution in [3.05, 3.63) is 102 Å². The van der Waals surface area contributed by atoms with Gasteiger partial charge in [-0.2, -0.15) is 35.1 Å². The summed E-state index contributed by atoms with van der Waals surface area (Å²) in [5.41, 5.74) is 9.86. The fourth-order valence-corrected chi connectivity index (χ4v) is 4.28. The molecule has 0 spiro atoms. The number of carboxylic acid groups (broad SMARTS) is 1. The van der Waals surface area contributed by atoms with Gasteiger partial charge in [-0.25, -0.2) is 9.48 Å². The fourth-order valence-electron chi connectivity index (χ4n) is 4.28. The largest absolute Gasteiger partial charge is 0.479 e.